The largest absolute Gasteiger partial charge is 0.476 e. The third-order valence-corrected chi connectivity index (χ3v) is 5.50. The van der Waals surface area contributed by atoms with Gasteiger partial charge < -0.3 is 14.4 Å². The Kier molecular flexibility index (Phi) is 3.89. The van der Waals surface area contributed by atoms with Crippen LogP contribution in [-0.4, -0.2) is 59.1 Å². The van der Waals surface area contributed by atoms with Crippen molar-refractivity contribution < 1.29 is 14.3 Å². The molecule has 0 radical (unpaired) electrons. The molecule has 0 aliphatic carbocycles. The van der Waals surface area contributed by atoms with Crippen molar-refractivity contribution in [3.8, 4) is 11.5 Å². The number of carbonyl (C=O) groups is 1. The van der Waals surface area contributed by atoms with Gasteiger partial charge in [0.05, 0.1) is 6.54 Å². The van der Waals surface area contributed by atoms with Crippen molar-refractivity contribution in [2.75, 3.05) is 33.2 Å². The van der Waals surface area contributed by atoms with Gasteiger partial charge in [0.15, 0.2) is 11.5 Å². The Morgan fingerprint density at radius 2 is 2.08 bits per heavy atom. The summed E-state index contributed by atoms with van der Waals surface area (Å²) >= 11 is 0. The van der Waals surface area contributed by atoms with Crippen molar-refractivity contribution in [2.45, 2.75) is 13.5 Å². The van der Waals surface area contributed by atoms with Gasteiger partial charge in [-0.25, -0.2) is 9.78 Å². The van der Waals surface area contributed by atoms with Gasteiger partial charge in [-0.3, -0.25) is 4.90 Å². The lowest BCUT2D eigenvalue weighted by atomic mass is 9.83. The minimum absolute atomic E-state index is 0.0261. The number of nitrogens with zero attached hydrogens (tertiary/aromatic N) is 3. The van der Waals surface area contributed by atoms with Crippen LogP contribution in [0.3, 0.4) is 0 Å². The fourth-order valence-electron chi connectivity index (χ4n) is 4.40. The van der Waals surface area contributed by atoms with Crippen LogP contribution in [0.15, 0.2) is 34.7 Å². The second kappa shape index (κ2) is 5.97. The zero-order valence-electron chi connectivity index (χ0n) is 14.6. The SMILES string of the molecule is CN1C[C@@H]2CN(Cc3oc(-c4ccccc4)nc3C(=O)O)C[C@]2(C)C1. The number of carboxylic acids is 1. The molecule has 25 heavy (non-hydrogen) atoms. The predicted molar refractivity (Wildman–Crippen MR) is 93.3 cm³/mol. The Morgan fingerprint density at radius 3 is 2.76 bits per heavy atom. The normalized spacial score (nSPS) is 26.9. The van der Waals surface area contributed by atoms with Gasteiger partial charge in [0.1, 0.15) is 0 Å². The summed E-state index contributed by atoms with van der Waals surface area (Å²) in [6.45, 7) is 6.95. The van der Waals surface area contributed by atoms with Crippen LogP contribution in [0.2, 0.25) is 0 Å². The molecule has 4 rings (SSSR count). The van der Waals surface area contributed by atoms with E-state index in [0.717, 1.165) is 31.7 Å². The van der Waals surface area contributed by atoms with Crippen molar-refractivity contribution in [1.82, 2.24) is 14.8 Å². The average Bonchev–Trinajstić information content (AvgIpc) is 3.18. The Hall–Kier alpha value is -2.18. The van der Waals surface area contributed by atoms with E-state index >= 15 is 0 Å². The van der Waals surface area contributed by atoms with E-state index < -0.39 is 5.97 Å². The lowest BCUT2D eigenvalue weighted by Gasteiger charge is -2.23. The first-order valence-electron chi connectivity index (χ1n) is 8.64. The summed E-state index contributed by atoms with van der Waals surface area (Å²) in [6, 6.07) is 9.43. The highest BCUT2D eigenvalue weighted by Gasteiger charge is 2.48. The van der Waals surface area contributed by atoms with Crippen molar-refractivity contribution in [2.24, 2.45) is 11.3 Å². The van der Waals surface area contributed by atoms with Crippen molar-refractivity contribution in [3.63, 3.8) is 0 Å². The quantitative estimate of drug-likeness (QED) is 0.921. The minimum atomic E-state index is -1.04. The van der Waals surface area contributed by atoms with Crippen LogP contribution in [0, 0.1) is 11.3 Å². The first-order valence-corrected chi connectivity index (χ1v) is 8.64. The van der Waals surface area contributed by atoms with Gasteiger partial charge in [-0.2, -0.15) is 0 Å². The molecule has 6 heteroatoms. The molecule has 1 N–H and O–H groups in total. The highest BCUT2D eigenvalue weighted by molar-refractivity contribution is 5.87. The summed E-state index contributed by atoms with van der Waals surface area (Å²) in [5.74, 6) is 0.412. The van der Waals surface area contributed by atoms with Crippen molar-refractivity contribution >= 4 is 5.97 Å². The van der Waals surface area contributed by atoms with Gasteiger partial charge >= 0.3 is 5.97 Å². The summed E-state index contributed by atoms with van der Waals surface area (Å²) in [4.78, 5) is 20.5. The summed E-state index contributed by atoms with van der Waals surface area (Å²) in [5, 5.41) is 9.50. The minimum Gasteiger partial charge on any atom is -0.476 e. The molecule has 0 spiro atoms. The zero-order chi connectivity index (χ0) is 17.6. The number of aromatic carboxylic acids is 1. The molecule has 2 aliphatic rings. The van der Waals surface area contributed by atoms with Crippen LogP contribution in [0.4, 0.5) is 0 Å². The van der Waals surface area contributed by atoms with Crippen molar-refractivity contribution in [3.05, 3.63) is 41.8 Å². The third-order valence-electron chi connectivity index (χ3n) is 5.50. The van der Waals surface area contributed by atoms with Crippen LogP contribution in [0.25, 0.3) is 11.5 Å². The summed E-state index contributed by atoms with van der Waals surface area (Å²) < 4.78 is 5.86. The number of benzene rings is 1. The molecule has 132 valence electrons. The first-order chi connectivity index (χ1) is 11.9. The van der Waals surface area contributed by atoms with Gasteiger partial charge in [0, 0.05) is 31.7 Å². The van der Waals surface area contributed by atoms with Gasteiger partial charge in [0.2, 0.25) is 5.89 Å². The number of carboxylic acid groups (broad SMARTS) is 1. The first kappa shape index (κ1) is 16.3. The second-order valence-corrected chi connectivity index (χ2v) is 7.68. The Labute approximate surface area is 147 Å². The molecule has 0 saturated carbocycles. The molecule has 2 saturated heterocycles. The number of fused-ring (bicyclic) bond motifs is 1. The molecular formula is C19H23N3O3. The second-order valence-electron chi connectivity index (χ2n) is 7.68. The maximum atomic E-state index is 11.6. The number of oxazole rings is 1. The molecule has 0 amide bonds. The van der Waals surface area contributed by atoms with E-state index in [2.05, 4.69) is 28.8 Å². The molecule has 0 bridgehead atoms. The van der Waals surface area contributed by atoms with Gasteiger partial charge in [-0.05, 0) is 30.5 Å². The van der Waals surface area contributed by atoms with Gasteiger partial charge in [-0.15, -0.1) is 0 Å². The van der Waals surface area contributed by atoms with Crippen LogP contribution < -0.4 is 0 Å². The molecule has 1 aromatic carbocycles. The van der Waals surface area contributed by atoms with Crippen molar-refractivity contribution in [1.29, 1.82) is 0 Å². The fraction of sp³-hybridized carbons (Fsp3) is 0.474. The number of likely N-dealkylation sites (tertiary alicyclic amines) is 2. The van der Waals surface area contributed by atoms with E-state index in [0.29, 0.717) is 24.1 Å². The van der Waals surface area contributed by atoms with Crippen LogP contribution in [-0.2, 0) is 6.54 Å². The van der Waals surface area contributed by atoms with E-state index in [9.17, 15) is 9.90 Å². The van der Waals surface area contributed by atoms with Gasteiger partial charge in [0.25, 0.3) is 0 Å². The fourth-order valence-corrected chi connectivity index (χ4v) is 4.40. The molecular weight excluding hydrogens is 318 g/mol. The lowest BCUT2D eigenvalue weighted by molar-refractivity contribution is 0.0687. The highest BCUT2D eigenvalue weighted by Crippen LogP contribution is 2.42. The summed E-state index contributed by atoms with van der Waals surface area (Å²) in [6.07, 6.45) is 0. The molecule has 2 atom stereocenters. The highest BCUT2D eigenvalue weighted by atomic mass is 16.4. The van der Waals surface area contributed by atoms with Gasteiger partial charge in [-0.1, -0.05) is 25.1 Å². The van der Waals surface area contributed by atoms with Crippen LogP contribution in [0.1, 0.15) is 23.2 Å². The van der Waals surface area contributed by atoms with E-state index in [1.54, 1.807) is 0 Å². The van der Waals surface area contributed by atoms with Crippen LogP contribution >= 0.6 is 0 Å². The molecule has 1 aromatic heterocycles. The molecule has 3 heterocycles. The Balaban J connectivity index is 1.57. The molecule has 2 aliphatic heterocycles. The smallest absolute Gasteiger partial charge is 0.358 e. The molecule has 2 fully saturated rings. The van der Waals surface area contributed by atoms with E-state index in [1.807, 2.05) is 30.3 Å². The zero-order valence-corrected chi connectivity index (χ0v) is 14.6. The Morgan fingerprint density at radius 1 is 1.32 bits per heavy atom. The maximum Gasteiger partial charge on any atom is 0.358 e. The molecule has 0 unspecified atom stereocenters. The summed E-state index contributed by atoms with van der Waals surface area (Å²) in [5.41, 5.74) is 1.10. The van der Waals surface area contributed by atoms with Crippen LogP contribution in [0.5, 0.6) is 0 Å². The molecule has 6 nitrogen and oxygen atoms in total. The number of aromatic nitrogens is 1. The average molecular weight is 341 g/mol. The number of rotatable bonds is 4. The van der Waals surface area contributed by atoms with E-state index in [4.69, 9.17) is 4.42 Å². The maximum absolute atomic E-state index is 11.6. The standard InChI is InChI=1S/C19H23N3O3/c1-19-11-21(2)8-14(19)9-22(12-19)10-15-16(18(23)24)20-17(25-15)13-6-4-3-5-7-13/h3-7,14H,8-12H2,1-2H3,(H,23,24)/t14-,19+/m1/s1. The van der Waals surface area contributed by atoms with E-state index in [-0.39, 0.29) is 11.1 Å². The molecule has 2 aromatic rings. The Bertz CT molecular complexity index is 788. The number of hydrogen-bond acceptors (Lipinski definition) is 5. The monoisotopic (exact) mass is 341 g/mol. The van der Waals surface area contributed by atoms with E-state index in [1.165, 1.54) is 0 Å². The third kappa shape index (κ3) is 2.96. The lowest BCUT2D eigenvalue weighted by Crippen LogP contribution is -2.30. The predicted octanol–water partition coefficient (Wildman–Crippen LogP) is 2.42. The number of hydrogen-bond donors (Lipinski definition) is 1. The topological polar surface area (TPSA) is 69.8 Å². The summed E-state index contributed by atoms with van der Waals surface area (Å²) in [7, 11) is 2.17.